The van der Waals surface area contributed by atoms with Gasteiger partial charge in [0.05, 0.1) is 16.4 Å². The number of nitrogens with zero attached hydrogens (tertiary/aromatic N) is 2. The molecule has 5 heteroatoms. The number of hydrogen-bond donors (Lipinski definition) is 1. The summed E-state index contributed by atoms with van der Waals surface area (Å²) in [5.74, 6) is 0. The molecule has 0 aliphatic carbocycles. The Hall–Kier alpha value is -1.03. The maximum absolute atomic E-state index is 6.06. The van der Waals surface area contributed by atoms with E-state index in [2.05, 4.69) is 5.10 Å². The van der Waals surface area contributed by atoms with Gasteiger partial charge in [0.15, 0.2) is 0 Å². The zero-order valence-corrected chi connectivity index (χ0v) is 9.33. The topological polar surface area (TPSA) is 43.8 Å². The van der Waals surface area contributed by atoms with E-state index >= 15 is 0 Å². The Morgan fingerprint density at radius 2 is 2.07 bits per heavy atom. The van der Waals surface area contributed by atoms with Crippen molar-refractivity contribution in [2.24, 2.45) is 5.73 Å². The van der Waals surface area contributed by atoms with Crippen molar-refractivity contribution in [2.75, 3.05) is 0 Å². The van der Waals surface area contributed by atoms with E-state index in [1.54, 1.807) is 23.0 Å². The molecule has 0 bridgehead atoms. The molecule has 1 heterocycles. The molecule has 78 valence electrons. The molecular formula is C10H9Cl2N3. The van der Waals surface area contributed by atoms with Crippen LogP contribution in [0.5, 0.6) is 0 Å². The molecule has 3 nitrogen and oxygen atoms in total. The first-order chi connectivity index (χ1) is 7.22. The van der Waals surface area contributed by atoms with Gasteiger partial charge in [0.2, 0.25) is 0 Å². The van der Waals surface area contributed by atoms with Gasteiger partial charge in [-0.2, -0.15) is 5.10 Å². The van der Waals surface area contributed by atoms with Gasteiger partial charge in [0.25, 0.3) is 0 Å². The minimum Gasteiger partial charge on any atom is -0.325 e. The minimum atomic E-state index is 0.416. The van der Waals surface area contributed by atoms with E-state index in [1.807, 2.05) is 12.1 Å². The van der Waals surface area contributed by atoms with Gasteiger partial charge in [-0.05, 0) is 24.3 Å². The first-order valence-electron chi connectivity index (χ1n) is 4.41. The van der Waals surface area contributed by atoms with Crippen LogP contribution in [0.15, 0.2) is 30.5 Å². The van der Waals surface area contributed by atoms with Crippen molar-refractivity contribution in [3.05, 3.63) is 46.2 Å². The molecule has 0 unspecified atom stereocenters. The summed E-state index contributed by atoms with van der Waals surface area (Å²) in [5.41, 5.74) is 7.27. The van der Waals surface area contributed by atoms with Gasteiger partial charge in [-0.3, -0.25) is 0 Å². The van der Waals surface area contributed by atoms with Gasteiger partial charge in [0, 0.05) is 17.8 Å². The second kappa shape index (κ2) is 4.23. The Morgan fingerprint density at radius 1 is 1.27 bits per heavy atom. The molecule has 0 saturated heterocycles. The number of rotatable bonds is 2. The lowest BCUT2D eigenvalue weighted by Gasteiger charge is -2.07. The van der Waals surface area contributed by atoms with Crippen LogP contribution in [-0.2, 0) is 6.54 Å². The zero-order chi connectivity index (χ0) is 10.8. The quantitative estimate of drug-likeness (QED) is 0.879. The van der Waals surface area contributed by atoms with Crippen molar-refractivity contribution < 1.29 is 0 Å². The van der Waals surface area contributed by atoms with E-state index in [0.717, 1.165) is 11.4 Å². The summed E-state index contributed by atoms with van der Waals surface area (Å²) in [7, 11) is 0. The highest BCUT2D eigenvalue weighted by Crippen LogP contribution is 2.24. The monoisotopic (exact) mass is 241 g/mol. The SMILES string of the molecule is NCc1ccnn1-c1ccc(Cl)cc1Cl. The van der Waals surface area contributed by atoms with Gasteiger partial charge < -0.3 is 5.73 Å². The Labute approximate surface area is 97.4 Å². The third kappa shape index (κ3) is 2.00. The Balaban J connectivity index is 2.54. The predicted octanol–water partition coefficient (Wildman–Crippen LogP) is 2.64. The summed E-state index contributed by atoms with van der Waals surface area (Å²) in [5, 5.41) is 5.32. The molecule has 0 aliphatic rings. The molecular weight excluding hydrogens is 233 g/mol. The normalized spacial score (nSPS) is 10.6. The first kappa shape index (κ1) is 10.5. The average Bonchev–Trinajstić information content (AvgIpc) is 2.65. The second-order valence-electron chi connectivity index (χ2n) is 3.03. The highest BCUT2D eigenvalue weighted by Gasteiger charge is 2.07. The molecule has 2 rings (SSSR count). The van der Waals surface area contributed by atoms with Gasteiger partial charge in [-0.1, -0.05) is 23.2 Å². The molecule has 1 aromatic carbocycles. The van der Waals surface area contributed by atoms with Crippen molar-refractivity contribution in [1.29, 1.82) is 0 Å². The van der Waals surface area contributed by atoms with Crippen molar-refractivity contribution in [1.82, 2.24) is 9.78 Å². The number of benzene rings is 1. The molecule has 0 saturated carbocycles. The number of aromatic nitrogens is 2. The fourth-order valence-electron chi connectivity index (χ4n) is 1.36. The zero-order valence-electron chi connectivity index (χ0n) is 7.82. The average molecular weight is 242 g/mol. The second-order valence-corrected chi connectivity index (χ2v) is 3.88. The largest absolute Gasteiger partial charge is 0.325 e. The molecule has 0 spiro atoms. The van der Waals surface area contributed by atoms with Crippen molar-refractivity contribution >= 4 is 23.2 Å². The van der Waals surface area contributed by atoms with Crippen LogP contribution in [0.1, 0.15) is 5.69 Å². The van der Waals surface area contributed by atoms with Crippen LogP contribution in [0, 0.1) is 0 Å². The summed E-state index contributed by atoms with van der Waals surface area (Å²) < 4.78 is 1.71. The summed E-state index contributed by atoms with van der Waals surface area (Å²) >= 11 is 11.9. The fraction of sp³-hybridized carbons (Fsp3) is 0.100. The standard InChI is InChI=1S/C10H9Cl2N3/c11-7-1-2-10(9(12)5-7)15-8(6-13)3-4-14-15/h1-5H,6,13H2. The lowest BCUT2D eigenvalue weighted by atomic mass is 10.3. The molecule has 0 radical (unpaired) electrons. The molecule has 0 aliphatic heterocycles. The molecule has 15 heavy (non-hydrogen) atoms. The smallest absolute Gasteiger partial charge is 0.0836 e. The van der Waals surface area contributed by atoms with E-state index < -0.39 is 0 Å². The van der Waals surface area contributed by atoms with Crippen LogP contribution < -0.4 is 5.73 Å². The minimum absolute atomic E-state index is 0.416. The molecule has 1 aromatic heterocycles. The number of hydrogen-bond acceptors (Lipinski definition) is 2. The number of nitrogens with two attached hydrogens (primary N) is 1. The van der Waals surface area contributed by atoms with Crippen LogP contribution in [0.3, 0.4) is 0 Å². The van der Waals surface area contributed by atoms with Crippen molar-refractivity contribution in [2.45, 2.75) is 6.54 Å². The van der Waals surface area contributed by atoms with E-state index in [9.17, 15) is 0 Å². The first-order valence-corrected chi connectivity index (χ1v) is 5.16. The van der Waals surface area contributed by atoms with Gasteiger partial charge in [-0.15, -0.1) is 0 Å². The van der Waals surface area contributed by atoms with Gasteiger partial charge in [-0.25, -0.2) is 4.68 Å². The van der Waals surface area contributed by atoms with E-state index in [1.165, 1.54) is 0 Å². The van der Waals surface area contributed by atoms with Crippen LogP contribution in [0.25, 0.3) is 5.69 Å². The highest BCUT2D eigenvalue weighted by molar-refractivity contribution is 6.35. The molecule has 0 fully saturated rings. The summed E-state index contributed by atoms with van der Waals surface area (Å²) in [4.78, 5) is 0. The third-order valence-corrected chi connectivity index (χ3v) is 2.61. The van der Waals surface area contributed by atoms with E-state index in [0.29, 0.717) is 16.6 Å². The lowest BCUT2D eigenvalue weighted by Crippen LogP contribution is -2.07. The molecule has 2 N–H and O–H groups in total. The van der Waals surface area contributed by atoms with Crippen molar-refractivity contribution in [3.8, 4) is 5.69 Å². The summed E-state index contributed by atoms with van der Waals surface area (Å²) in [6, 6.07) is 7.12. The fourth-order valence-corrected chi connectivity index (χ4v) is 1.84. The maximum atomic E-state index is 6.06. The molecule has 0 atom stereocenters. The Kier molecular flexibility index (Phi) is 2.95. The lowest BCUT2D eigenvalue weighted by molar-refractivity contribution is 0.804. The molecule has 2 aromatic rings. The van der Waals surface area contributed by atoms with Crippen LogP contribution in [-0.4, -0.2) is 9.78 Å². The van der Waals surface area contributed by atoms with Crippen LogP contribution in [0.2, 0.25) is 10.0 Å². The molecule has 0 amide bonds. The third-order valence-electron chi connectivity index (χ3n) is 2.07. The van der Waals surface area contributed by atoms with E-state index in [4.69, 9.17) is 28.9 Å². The summed E-state index contributed by atoms with van der Waals surface area (Å²) in [6.45, 7) is 0.416. The predicted molar refractivity (Wildman–Crippen MR) is 61.5 cm³/mol. The Morgan fingerprint density at radius 3 is 2.73 bits per heavy atom. The highest BCUT2D eigenvalue weighted by atomic mass is 35.5. The maximum Gasteiger partial charge on any atom is 0.0836 e. The van der Waals surface area contributed by atoms with Crippen molar-refractivity contribution in [3.63, 3.8) is 0 Å². The van der Waals surface area contributed by atoms with Crippen LogP contribution in [0.4, 0.5) is 0 Å². The van der Waals surface area contributed by atoms with Gasteiger partial charge >= 0.3 is 0 Å². The Bertz CT molecular complexity index is 479. The van der Waals surface area contributed by atoms with Gasteiger partial charge in [0.1, 0.15) is 0 Å². The van der Waals surface area contributed by atoms with Crippen LogP contribution >= 0.6 is 23.2 Å². The summed E-state index contributed by atoms with van der Waals surface area (Å²) in [6.07, 6.45) is 1.69. The van der Waals surface area contributed by atoms with E-state index in [-0.39, 0.29) is 0 Å². The number of halogens is 2.